The van der Waals surface area contributed by atoms with Crippen molar-refractivity contribution in [1.82, 2.24) is 19.7 Å². The Bertz CT molecular complexity index is 1310. The lowest BCUT2D eigenvalue weighted by atomic mass is 9.97. The summed E-state index contributed by atoms with van der Waals surface area (Å²) in [6.07, 6.45) is 5.48. The highest BCUT2D eigenvalue weighted by molar-refractivity contribution is 5.97. The van der Waals surface area contributed by atoms with Crippen LogP contribution in [-0.2, 0) is 11.3 Å². The number of hydrogen-bond donors (Lipinski definition) is 1. The smallest absolute Gasteiger partial charge is 0.410 e. The van der Waals surface area contributed by atoms with Gasteiger partial charge in [-0.25, -0.2) is 9.18 Å². The molecule has 7 heteroatoms. The van der Waals surface area contributed by atoms with Crippen molar-refractivity contribution in [3.8, 4) is 11.1 Å². The number of hydrogen-bond acceptors (Lipinski definition) is 3. The summed E-state index contributed by atoms with van der Waals surface area (Å²) in [5, 5.41) is 6.72. The van der Waals surface area contributed by atoms with Gasteiger partial charge in [-0.1, -0.05) is 6.07 Å². The Morgan fingerprint density at radius 3 is 2.73 bits per heavy atom. The van der Waals surface area contributed by atoms with Gasteiger partial charge in [-0.2, -0.15) is 5.10 Å². The maximum atomic E-state index is 13.5. The molecule has 2 aromatic heterocycles. The molecule has 6 nitrogen and oxygen atoms in total. The quantitative estimate of drug-likeness (QED) is 0.420. The Labute approximate surface area is 192 Å². The average Bonchev–Trinajstić information content (AvgIpc) is 3.36. The molecule has 3 heterocycles. The van der Waals surface area contributed by atoms with E-state index in [1.807, 2.05) is 44.1 Å². The van der Waals surface area contributed by atoms with Gasteiger partial charge in [0.25, 0.3) is 0 Å². The number of rotatable bonds is 3. The standard InChI is InChI=1S/C26H29FN4O2/c1-26(2,3)33-25(32)30-10-8-17(9-11-30)16-31-24-7-4-18(12-19(24)14-29-31)22-15-28-23-13-20(27)5-6-21(22)23/h4-7,12-15,17,28H,8-11,16H2,1-3H3. The zero-order valence-electron chi connectivity index (χ0n) is 19.3. The van der Waals surface area contributed by atoms with E-state index in [4.69, 9.17) is 4.74 Å². The maximum absolute atomic E-state index is 13.5. The highest BCUT2D eigenvalue weighted by atomic mass is 19.1. The third-order valence-electron chi connectivity index (χ3n) is 6.29. The van der Waals surface area contributed by atoms with Crippen molar-refractivity contribution in [2.45, 2.75) is 45.8 Å². The van der Waals surface area contributed by atoms with E-state index in [1.165, 1.54) is 12.1 Å². The number of benzene rings is 2. The molecule has 1 amide bonds. The van der Waals surface area contributed by atoms with E-state index in [9.17, 15) is 9.18 Å². The molecular formula is C26H29FN4O2. The van der Waals surface area contributed by atoms with Crippen LogP contribution in [0.4, 0.5) is 9.18 Å². The summed E-state index contributed by atoms with van der Waals surface area (Å²) in [6, 6.07) is 11.2. The lowest BCUT2D eigenvalue weighted by molar-refractivity contribution is 0.0177. The first-order valence-electron chi connectivity index (χ1n) is 11.5. The number of aromatic nitrogens is 3. The van der Waals surface area contributed by atoms with Crippen LogP contribution in [0.25, 0.3) is 32.9 Å². The van der Waals surface area contributed by atoms with Gasteiger partial charge in [0.1, 0.15) is 11.4 Å². The Morgan fingerprint density at radius 1 is 1.18 bits per heavy atom. The fourth-order valence-electron chi connectivity index (χ4n) is 4.61. The second-order valence-electron chi connectivity index (χ2n) is 9.90. The molecule has 4 aromatic rings. The third-order valence-corrected chi connectivity index (χ3v) is 6.29. The minimum atomic E-state index is -0.469. The fourth-order valence-corrected chi connectivity index (χ4v) is 4.61. The van der Waals surface area contributed by atoms with Gasteiger partial charge in [0.05, 0.1) is 11.7 Å². The number of nitrogens with one attached hydrogen (secondary N) is 1. The van der Waals surface area contributed by atoms with E-state index < -0.39 is 5.60 Å². The molecule has 172 valence electrons. The van der Waals surface area contributed by atoms with E-state index in [-0.39, 0.29) is 11.9 Å². The first-order valence-corrected chi connectivity index (χ1v) is 11.5. The molecular weight excluding hydrogens is 419 g/mol. The second-order valence-corrected chi connectivity index (χ2v) is 9.90. The van der Waals surface area contributed by atoms with Crippen molar-refractivity contribution >= 4 is 27.9 Å². The zero-order valence-corrected chi connectivity index (χ0v) is 19.3. The van der Waals surface area contributed by atoms with Crippen LogP contribution >= 0.6 is 0 Å². The normalized spacial score (nSPS) is 15.5. The van der Waals surface area contributed by atoms with Crippen LogP contribution in [0.5, 0.6) is 0 Å². The average molecular weight is 449 g/mol. The number of nitrogens with zero attached hydrogens (tertiary/aromatic N) is 3. The van der Waals surface area contributed by atoms with Gasteiger partial charge in [-0.3, -0.25) is 4.68 Å². The lowest BCUT2D eigenvalue weighted by Gasteiger charge is -2.33. The number of ether oxygens (including phenoxy) is 1. The second kappa shape index (κ2) is 8.21. The molecule has 0 atom stereocenters. The molecule has 0 spiro atoms. The van der Waals surface area contributed by atoms with E-state index in [1.54, 1.807) is 0 Å². The summed E-state index contributed by atoms with van der Waals surface area (Å²) >= 11 is 0. The molecule has 0 saturated carbocycles. The van der Waals surface area contributed by atoms with Gasteiger partial charge in [-0.05, 0) is 75.4 Å². The van der Waals surface area contributed by atoms with Gasteiger partial charge in [-0.15, -0.1) is 0 Å². The van der Waals surface area contributed by atoms with Crippen LogP contribution in [0.15, 0.2) is 48.8 Å². The number of aromatic amines is 1. The number of halogens is 1. The summed E-state index contributed by atoms with van der Waals surface area (Å²) in [5.41, 5.74) is 3.54. The molecule has 0 unspecified atom stereocenters. The van der Waals surface area contributed by atoms with E-state index in [0.717, 1.165) is 52.3 Å². The molecule has 1 fully saturated rings. The molecule has 0 radical (unpaired) electrons. The summed E-state index contributed by atoms with van der Waals surface area (Å²) in [6.45, 7) is 7.93. The minimum Gasteiger partial charge on any atom is -0.444 e. The number of carbonyl (C=O) groups excluding carboxylic acids is 1. The van der Waals surface area contributed by atoms with Gasteiger partial charge >= 0.3 is 6.09 Å². The van der Waals surface area contributed by atoms with Crippen LogP contribution in [-0.4, -0.2) is 44.4 Å². The summed E-state index contributed by atoms with van der Waals surface area (Å²) < 4.78 is 21.1. The van der Waals surface area contributed by atoms with E-state index in [2.05, 4.69) is 33.0 Å². The predicted octanol–water partition coefficient (Wildman–Crippen LogP) is 5.97. The fraction of sp³-hybridized carbons (Fsp3) is 0.385. The Balaban J connectivity index is 1.28. The van der Waals surface area contributed by atoms with Gasteiger partial charge < -0.3 is 14.6 Å². The highest BCUT2D eigenvalue weighted by Crippen LogP contribution is 2.31. The molecule has 33 heavy (non-hydrogen) atoms. The number of carbonyl (C=O) groups is 1. The zero-order chi connectivity index (χ0) is 23.2. The van der Waals surface area contributed by atoms with Crippen molar-refractivity contribution in [3.05, 3.63) is 54.6 Å². The summed E-state index contributed by atoms with van der Waals surface area (Å²) in [4.78, 5) is 17.3. The molecule has 1 N–H and O–H groups in total. The van der Waals surface area contributed by atoms with Crippen LogP contribution in [0, 0.1) is 11.7 Å². The molecule has 1 aliphatic heterocycles. The van der Waals surface area contributed by atoms with Crippen molar-refractivity contribution in [2.75, 3.05) is 13.1 Å². The van der Waals surface area contributed by atoms with Crippen molar-refractivity contribution in [3.63, 3.8) is 0 Å². The van der Waals surface area contributed by atoms with Crippen LogP contribution < -0.4 is 0 Å². The largest absolute Gasteiger partial charge is 0.444 e. The van der Waals surface area contributed by atoms with Crippen molar-refractivity contribution < 1.29 is 13.9 Å². The first-order chi connectivity index (χ1) is 15.8. The molecule has 2 aromatic carbocycles. The van der Waals surface area contributed by atoms with Crippen LogP contribution in [0.1, 0.15) is 33.6 Å². The van der Waals surface area contributed by atoms with E-state index >= 15 is 0 Å². The van der Waals surface area contributed by atoms with Crippen LogP contribution in [0.3, 0.4) is 0 Å². The Morgan fingerprint density at radius 2 is 1.97 bits per heavy atom. The topological polar surface area (TPSA) is 63.1 Å². The molecule has 1 aliphatic rings. The summed E-state index contributed by atoms with van der Waals surface area (Å²) in [5.74, 6) is 0.222. The number of piperidine rings is 1. The number of fused-ring (bicyclic) bond motifs is 2. The predicted molar refractivity (Wildman–Crippen MR) is 128 cm³/mol. The Kier molecular flexibility index (Phi) is 5.35. The van der Waals surface area contributed by atoms with Gasteiger partial charge in [0.15, 0.2) is 0 Å². The maximum Gasteiger partial charge on any atom is 0.410 e. The molecule has 0 bridgehead atoms. The minimum absolute atomic E-state index is 0.224. The SMILES string of the molecule is CC(C)(C)OC(=O)N1CCC(Cn2ncc3cc(-c4c[nH]c5cc(F)ccc45)ccc32)CC1. The Hall–Kier alpha value is -3.35. The monoisotopic (exact) mass is 448 g/mol. The van der Waals surface area contributed by atoms with Crippen molar-refractivity contribution in [1.29, 1.82) is 0 Å². The molecule has 1 saturated heterocycles. The number of H-pyrrole nitrogens is 1. The third kappa shape index (κ3) is 4.45. The molecule has 0 aliphatic carbocycles. The molecule has 5 rings (SSSR count). The first kappa shape index (κ1) is 21.5. The number of likely N-dealkylation sites (tertiary alicyclic amines) is 1. The van der Waals surface area contributed by atoms with E-state index in [0.29, 0.717) is 19.0 Å². The van der Waals surface area contributed by atoms with Gasteiger partial charge in [0.2, 0.25) is 0 Å². The van der Waals surface area contributed by atoms with Crippen LogP contribution in [0.2, 0.25) is 0 Å². The van der Waals surface area contributed by atoms with Crippen molar-refractivity contribution in [2.24, 2.45) is 5.92 Å². The lowest BCUT2D eigenvalue weighted by Crippen LogP contribution is -2.42. The number of amides is 1. The van der Waals surface area contributed by atoms with Gasteiger partial charge in [0, 0.05) is 47.7 Å². The summed E-state index contributed by atoms with van der Waals surface area (Å²) in [7, 11) is 0. The highest BCUT2D eigenvalue weighted by Gasteiger charge is 2.27.